The molecule has 2 nitrogen and oxygen atoms in total. The summed E-state index contributed by atoms with van der Waals surface area (Å²) in [5.41, 5.74) is 1.22. The van der Waals surface area contributed by atoms with Crippen molar-refractivity contribution in [2.75, 3.05) is 6.54 Å². The van der Waals surface area contributed by atoms with Crippen LogP contribution in [0.1, 0.15) is 57.9 Å². The van der Waals surface area contributed by atoms with Gasteiger partial charge in [-0.1, -0.05) is 56.0 Å². The summed E-state index contributed by atoms with van der Waals surface area (Å²) in [6, 6.07) is 11.1. The first-order valence-electron chi connectivity index (χ1n) is 8.39. The van der Waals surface area contributed by atoms with E-state index in [-0.39, 0.29) is 5.41 Å². The number of benzene rings is 1. The van der Waals surface area contributed by atoms with Gasteiger partial charge in [0.05, 0.1) is 0 Å². The number of carbonyl (C=O) groups is 1. The lowest BCUT2D eigenvalue weighted by Gasteiger charge is -2.36. The molecule has 1 aromatic carbocycles. The van der Waals surface area contributed by atoms with Gasteiger partial charge in [0.1, 0.15) is 6.29 Å². The van der Waals surface area contributed by atoms with Crippen LogP contribution in [0.5, 0.6) is 0 Å². The van der Waals surface area contributed by atoms with Crippen LogP contribution >= 0.6 is 0 Å². The van der Waals surface area contributed by atoms with Gasteiger partial charge < -0.3 is 4.79 Å². The van der Waals surface area contributed by atoms with E-state index in [9.17, 15) is 4.79 Å². The third kappa shape index (κ3) is 4.67. The fourth-order valence-corrected chi connectivity index (χ4v) is 3.39. The van der Waals surface area contributed by atoms with Crippen molar-refractivity contribution >= 4 is 6.29 Å². The van der Waals surface area contributed by atoms with Crippen LogP contribution in [-0.4, -0.2) is 23.8 Å². The summed E-state index contributed by atoms with van der Waals surface area (Å²) in [5, 5.41) is 0. The minimum absolute atomic E-state index is 0.116. The van der Waals surface area contributed by atoms with Crippen molar-refractivity contribution in [3.05, 3.63) is 35.9 Å². The second kappa shape index (κ2) is 7.74. The quantitative estimate of drug-likeness (QED) is 0.569. The topological polar surface area (TPSA) is 20.3 Å². The maximum atomic E-state index is 11.8. The summed E-state index contributed by atoms with van der Waals surface area (Å²) in [5.74, 6) is 0. The van der Waals surface area contributed by atoms with Gasteiger partial charge in [-0.25, -0.2) is 0 Å². The highest BCUT2D eigenvalue weighted by Gasteiger charge is 2.33. The minimum Gasteiger partial charge on any atom is -0.303 e. The van der Waals surface area contributed by atoms with Crippen molar-refractivity contribution in [1.29, 1.82) is 0 Å². The normalized spacial score (nSPS) is 18.7. The van der Waals surface area contributed by atoms with Gasteiger partial charge in [-0.15, -0.1) is 0 Å². The maximum Gasteiger partial charge on any atom is 0.127 e. The number of rotatable bonds is 6. The Labute approximate surface area is 129 Å². The van der Waals surface area contributed by atoms with Crippen LogP contribution in [0.3, 0.4) is 0 Å². The fraction of sp³-hybridized carbons (Fsp3) is 0.632. The van der Waals surface area contributed by atoms with Crippen molar-refractivity contribution in [2.24, 2.45) is 5.41 Å². The molecule has 0 bridgehead atoms. The Balaban J connectivity index is 2.08. The Bertz CT molecular complexity index is 418. The summed E-state index contributed by atoms with van der Waals surface area (Å²) >= 11 is 0. The number of carbonyl (C=O) groups excluding carboxylic acids is 1. The molecule has 116 valence electrons. The van der Waals surface area contributed by atoms with Crippen LogP contribution < -0.4 is 0 Å². The largest absolute Gasteiger partial charge is 0.303 e. The smallest absolute Gasteiger partial charge is 0.127 e. The molecule has 1 aromatic rings. The molecule has 0 radical (unpaired) electrons. The van der Waals surface area contributed by atoms with Crippen LogP contribution in [0.25, 0.3) is 0 Å². The fourth-order valence-electron chi connectivity index (χ4n) is 3.39. The molecule has 0 aromatic heterocycles. The Morgan fingerprint density at radius 1 is 1.10 bits per heavy atom. The average Bonchev–Trinajstić information content (AvgIpc) is 2.74. The van der Waals surface area contributed by atoms with Crippen molar-refractivity contribution in [1.82, 2.24) is 4.90 Å². The van der Waals surface area contributed by atoms with Gasteiger partial charge in [-0.3, -0.25) is 4.90 Å². The zero-order valence-electron chi connectivity index (χ0n) is 13.6. The number of nitrogens with zero attached hydrogens (tertiary/aromatic N) is 1. The van der Waals surface area contributed by atoms with Crippen molar-refractivity contribution in [3.8, 4) is 0 Å². The summed E-state index contributed by atoms with van der Waals surface area (Å²) in [6.45, 7) is 6.31. The van der Waals surface area contributed by atoms with Crippen molar-refractivity contribution < 1.29 is 4.79 Å². The molecule has 0 amide bonds. The van der Waals surface area contributed by atoms with Gasteiger partial charge in [0.15, 0.2) is 0 Å². The molecule has 0 N–H and O–H groups in total. The van der Waals surface area contributed by atoms with Crippen molar-refractivity contribution in [3.63, 3.8) is 0 Å². The first-order valence-corrected chi connectivity index (χ1v) is 8.39. The molecule has 21 heavy (non-hydrogen) atoms. The van der Waals surface area contributed by atoms with Crippen LogP contribution in [0.15, 0.2) is 30.3 Å². The Kier molecular flexibility index (Phi) is 5.98. The Morgan fingerprint density at radius 2 is 1.71 bits per heavy atom. The SMILES string of the molecule is CC(C)N(Cc1ccccc1)CC1(C=O)CCCCCC1. The molecule has 1 fully saturated rings. The predicted octanol–water partition coefficient (Wildman–Crippen LogP) is 4.44. The van der Waals surface area contributed by atoms with Gasteiger partial charge in [0.25, 0.3) is 0 Å². The molecule has 2 rings (SSSR count). The monoisotopic (exact) mass is 287 g/mol. The highest BCUT2D eigenvalue weighted by molar-refractivity contribution is 5.59. The van der Waals surface area contributed by atoms with Crippen LogP contribution in [0.4, 0.5) is 0 Å². The van der Waals surface area contributed by atoms with Crippen LogP contribution in [0, 0.1) is 5.41 Å². The first kappa shape index (κ1) is 16.2. The van der Waals surface area contributed by atoms with E-state index in [1.165, 1.54) is 37.5 Å². The lowest BCUT2D eigenvalue weighted by molar-refractivity contribution is -0.118. The molecule has 0 saturated heterocycles. The maximum absolute atomic E-state index is 11.8. The second-order valence-electron chi connectivity index (χ2n) is 6.88. The highest BCUT2D eigenvalue weighted by atomic mass is 16.1. The third-order valence-electron chi connectivity index (χ3n) is 4.83. The minimum atomic E-state index is -0.116. The van der Waals surface area contributed by atoms with Gasteiger partial charge in [-0.2, -0.15) is 0 Å². The number of hydrogen-bond acceptors (Lipinski definition) is 2. The molecule has 0 spiro atoms. The zero-order chi connectivity index (χ0) is 15.1. The van der Waals surface area contributed by atoms with E-state index in [0.717, 1.165) is 25.9 Å². The zero-order valence-corrected chi connectivity index (χ0v) is 13.6. The molecule has 0 aliphatic heterocycles. The average molecular weight is 287 g/mol. The molecule has 0 unspecified atom stereocenters. The lowest BCUT2D eigenvalue weighted by Crippen LogP contribution is -2.42. The van der Waals surface area contributed by atoms with Gasteiger partial charge in [-0.05, 0) is 32.3 Å². The van der Waals surface area contributed by atoms with E-state index in [1.807, 2.05) is 0 Å². The Morgan fingerprint density at radius 3 is 2.24 bits per heavy atom. The summed E-state index contributed by atoms with van der Waals surface area (Å²) in [7, 11) is 0. The predicted molar refractivity (Wildman–Crippen MR) is 88.2 cm³/mol. The molecule has 0 atom stereocenters. The van der Waals surface area contributed by atoms with E-state index in [1.54, 1.807) is 0 Å². The molecular weight excluding hydrogens is 258 g/mol. The van der Waals surface area contributed by atoms with E-state index in [0.29, 0.717) is 6.04 Å². The second-order valence-corrected chi connectivity index (χ2v) is 6.88. The molecule has 1 saturated carbocycles. The van der Waals surface area contributed by atoms with E-state index in [4.69, 9.17) is 0 Å². The van der Waals surface area contributed by atoms with Gasteiger partial charge >= 0.3 is 0 Å². The van der Waals surface area contributed by atoms with Crippen LogP contribution in [0.2, 0.25) is 0 Å². The van der Waals surface area contributed by atoms with Crippen molar-refractivity contribution in [2.45, 2.75) is 65.0 Å². The van der Waals surface area contributed by atoms with E-state index in [2.05, 4.69) is 49.1 Å². The Hall–Kier alpha value is -1.15. The molecule has 1 aliphatic carbocycles. The van der Waals surface area contributed by atoms with Crippen LogP contribution in [-0.2, 0) is 11.3 Å². The summed E-state index contributed by atoms with van der Waals surface area (Å²) in [6.07, 6.45) is 8.37. The number of aldehydes is 1. The molecular formula is C19H29NO. The molecule has 0 heterocycles. The first-order chi connectivity index (χ1) is 10.2. The third-order valence-corrected chi connectivity index (χ3v) is 4.83. The standard InChI is InChI=1S/C19H29NO/c1-17(2)20(14-18-10-6-5-7-11-18)15-19(16-21)12-8-3-4-9-13-19/h5-7,10-11,16-17H,3-4,8-9,12-15H2,1-2H3. The highest BCUT2D eigenvalue weighted by Crippen LogP contribution is 2.34. The summed E-state index contributed by atoms with van der Waals surface area (Å²) < 4.78 is 0. The van der Waals surface area contributed by atoms with Gasteiger partial charge in [0, 0.05) is 24.5 Å². The lowest BCUT2D eigenvalue weighted by atomic mass is 9.81. The number of hydrogen-bond donors (Lipinski definition) is 0. The van der Waals surface area contributed by atoms with E-state index >= 15 is 0 Å². The van der Waals surface area contributed by atoms with Gasteiger partial charge in [0.2, 0.25) is 0 Å². The molecule has 2 heteroatoms. The molecule has 1 aliphatic rings. The van der Waals surface area contributed by atoms with E-state index < -0.39 is 0 Å². The summed E-state index contributed by atoms with van der Waals surface area (Å²) in [4.78, 5) is 14.3.